The van der Waals surface area contributed by atoms with Crippen molar-refractivity contribution in [3.8, 4) is 5.75 Å². The maximum atomic E-state index is 12.9. The molecule has 0 radical (unpaired) electrons. The minimum atomic E-state index is -0.897. The van der Waals surface area contributed by atoms with E-state index in [1.807, 2.05) is 19.1 Å². The van der Waals surface area contributed by atoms with E-state index >= 15 is 0 Å². The summed E-state index contributed by atoms with van der Waals surface area (Å²) in [6, 6.07) is 6.70. The normalized spacial score (nSPS) is 23.3. The van der Waals surface area contributed by atoms with Gasteiger partial charge in [-0.3, -0.25) is 19.3 Å². The van der Waals surface area contributed by atoms with E-state index in [1.165, 1.54) is 0 Å². The van der Waals surface area contributed by atoms with Gasteiger partial charge in [-0.05, 0) is 36.5 Å². The van der Waals surface area contributed by atoms with Gasteiger partial charge in [-0.2, -0.15) is 0 Å². The van der Waals surface area contributed by atoms with Crippen LogP contribution in [0, 0.1) is 5.92 Å². The van der Waals surface area contributed by atoms with Crippen molar-refractivity contribution >= 4 is 23.8 Å². The van der Waals surface area contributed by atoms with Crippen LogP contribution in [0.4, 0.5) is 4.79 Å². The second kappa shape index (κ2) is 9.15. The van der Waals surface area contributed by atoms with Crippen molar-refractivity contribution in [3.63, 3.8) is 0 Å². The highest BCUT2D eigenvalue weighted by atomic mass is 16.5. The summed E-state index contributed by atoms with van der Waals surface area (Å²) in [6.07, 6.45) is 3.34. The molecule has 3 N–H and O–H groups in total. The summed E-state index contributed by atoms with van der Waals surface area (Å²) in [5, 5.41) is 7.97. The van der Waals surface area contributed by atoms with Gasteiger partial charge < -0.3 is 20.7 Å². The second-order valence-corrected chi connectivity index (χ2v) is 7.84. The largest absolute Gasteiger partial charge is 0.497 e. The van der Waals surface area contributed by atoms with Crippen molar-refractivity contribution in [2.75, 3.05) is 20.2 Å². The van der Waals surface area contributed by atoms with E-state index in [9.17, 15) is 19.2 Å². The summed E-state index contributed by atoms with van der Waals surface area (Å²) in [5.41, 5.74) is -0.00699. The van der Waals surface area contributed by atoms with E-state index in [2.05, 4.69) is 16.0 Å². The van der Waals surface area contributed by atoms with Crippen LogP contribution in [-0.4, -0.2) is 54.4 Å². The van der Waals surface area contributed by atoms with Crippen LogP contribution >= 0.6 is 0 Å². The Labute approximate surface area is 175 Å². The van der Waals surface area contributed by atoms with Crippen molar-refractivity contribution < 1.29 is 23.9 Å². The molecule has 2 atom stereocenters. The monoisotopic (exact) mass is 416 g/mol. The van der Waals surface area contributed by atoms with Crippen LogP contribution < -0.4 is 20.7 Å². The highest BCUT2D eigenvalue weighted by Gasteiger charge is 2.55. The van der Waals surface area contributed by atoms with Crippen LogP contribution in [0.5, 0.6) is 5.75 Å². The number of carbonyl (C=O) groups excluding carboxylic acids is 4. The second-order valence-electron chi connectivity index (χ2n) is 7.84. The van der Waals surface area contributed by atoms with Crippen molar-refractivity contribution in [3.05, 3.63) is 29.8 Å². The number of nitrogens with zero attached hydrogens (tertiary/aromatic N) is 1. The Morgan fingerprint density at radius 2 is 1.90 bits per heavy atom. The minimum Gasteiger partial charge on any atom is -0.497 e. The summed E-state index contributed by atoms with van der Waals surface area (Å²) in [5.74, 6) is -0.520. The molecule has 1 saturated carbocycles. The Kier molecular flexibility index (Phi) is 6.59. The van der Waals surface area contributed by atoms with Crippen LogP contribution in [0.25, 0.3) is 0 Å². The summed E-state index contributed by atoms with van der Waals surface area (Å²) in [6.45, 7) is 1.63. The molecule has 162 valence electrons. The fraction of sp³-hybridized carbons (Fsp3) is 0.524. The fourth-order valence-electron chi connectivity index (χ4n) is 4.02. The number of ether oxygens (including phenoxy) is 1. The predicted molar refractivity (Wildman–Crippen MR) is 108 cm³/mol. The number of rotatable bonds is 7. The minimum absolute atomic E-state index is 0.0273. The molecule has 3 rings (SSSR count). The molecule has 2 fully saturated rings. The third-order valence-corrected chi connectivity index (χ3v) is 5.90. The molecule has 2 unspecified atom stereocenters. The first-order chi connectivity index (χ1) is 14.4. The predicted octanol–water partition coefficient (Wildman–Crippen LogP) is 0.928. The SMILES string of the molecule is COc1ccc(CNC(=O)CNC(=O)CN2C(=O)NC3(CCCCC3C)C2=O)cc1. The summed E-state index contributed by atoms with van der Waals surface area (Å²) >= 11 is 0. The van der Waals surface area contributed by atoms with Gasteiger partial charge in [-0.25, -0.2) is 4.79 Å². The number of imide groups is 1. The van der Waals surface area contributed by atoms with E-state index in [0.717, 1.165) is 35.5 Å². The highest BCUT2D eigenvalue weighted by Crippen LogP contribution is 2.38. The first kappa shape index (κ1) is 21.6. The van der Waals surface area contributed by atoms with Gasteiger partial charge in [0.1, 0.15) is 17.8 Å². The summed E-state index contributed by atoms with van der Waals surface area (Å²) < 4.78 is 5.08. The topological polar surface area (TPSA) is 117 Å². The maximum Gasteiger partial charge on any atom is 0.325 e. The third-order valence-electron chi connectivity index (χ3n) is 5.90. The summed E-state index contributed by atoms with van der Waals surface area (Å²) in [7, 11) is 1.58. The Bertz CT molecular complexity index is 825. The molecule has 5 amide bonds. The molecule has 1 heterocycles. The molecule has 1 aromatic rings. The zero-order chi connectivity index (χ0) is 21.7. The van der Waals surface area contributed by atoms with Crippen LogP contribution in [-0.2, 0) is 20.9 Å². The number of nitrogens with one attached hydrogen (secondary N) is 3. The molecular weight excluding hydrogens is 388 g/mol. The van der Waals surface area contributed by atoms with Gasteiger partial charge >= 0.3 is 6.03 Å². The number of methoxy groups -OCH3 is 1. The van der Waals surface area contributed by atoms with Crippen molar-refractivity contribution in [2.45, 2.75) is 44.7 Å². The average molecular weight is 416 g/mol. The Morgan fingerprint density at radius 3 is 2.57 bits per heavy atom. The van der Waals surface area contributed by atoms with E-state index in [1.54, 1.807) is 19.2 Å². The van der Waals surface area contributed by atoms with Gasteiger partial charge in [0.25, 0.3) is 5.91 Å². The number of hydrogen-bond donors (Lipinski definition) is 3. The quantitative estimate of drug-likeness (QED) is 0.572. The van der Waals surface area contributed by atoms with Crippen LogP contribution in [0.3, 0.4) is 0 Å². The Balaban J connectivity index is 1.45. The molecule has 2 aliphatic rings. The van der Waals surface area contributed by atoms with Crippen LogP contribution in [0.2, 0.25) is 0 Å². The average Bonchev–Trinajstić information content (AvgIpc) is 2.98. The molecule has 0 aromatic heterocycles. The zero-order valence-electron chi connectivity index (χ0n) is 17.3. The lowest BCUT2D eigenvalue weighted by molar-refractivity contribution is -0.137. The van der Waals surface area contributed by atoms with E-state index in [0.29, 0.717) is 13.0 Å². The van der Waals surface area contributed by atoms with Gasteiger partial charge in [0.15, 0.2) is 0 Å². The molecule has 1 aromatic carbocycles. The molecule has 1 spiro atoms. The van der Waals surface area contributed by atoms with Gasteiger partial charge in [-0.15, -0.1) is 0 Å². The fourth-order valence-corrected chi connectivity index (χ4v) is 4.02. The van der Waals surface area contributed by atoms with Gasteiger partial charge in [0.05, 0.1) is 13.7 Å². The van der Waals surface area contributed by atoms with Crippen LogP contribution in [0.1, 0.15) is 38.2 Å². The van der Waals surface area contributed by atoms with Crippen molar-refractivity contribution in [2.24, 2.45) is 5.92 Å². The number of benzene rings is 1. The molecule has 9 nitrogen and oxygen atoms in total. The maximum absolute atomic E-state index is 12.9. The lowest BCUT2D eigenvalue weighted by Crippen LogP contribution is -2.54. The van der Waals surface area contributed by atoms with Crippen molar-refractivity contribution in [1.29, 1.82) is 0 Å². The number of carbonyl (C=O) groups is 4. The van der Waals surface area contributed by atoms with Gasteiger partial charge in [-0.1, -0.05) is 31.9 Å². The molecule has 9 heteroatoms. The van der Waals surface area contributed by atoms with Crippen molar-refractivity contribution in [1.82, 2.24) is 20.9 Å². The molecule has 1 saturated heterocycles. The first-order valence-electron chi connectivity index (χ1n) is 10.2. The number of hydrogen-bond acceptors (Lipinski definition) is 5. The molecule has 1 aliphatic carbocycles. The molecule has 1 aliphatic heterocycles. The van der Waals surface area contributed by atoms with Gasteiger partial charge in [0, 0.05) is 6.54 Å². The highest BCUT2D eigenvalue weighted by molar-refractivity contribution is 6.09. The first-order valence-corrected chi connectivity index (χ1v) is 10.2. The van der Waals surface area contributed by atoms with E-state index < -0.39 is 24.0 Å². The summed E-state index contributed by atoms with van der Waals surface area (Å²) in [4.78, 5) is 50.3. The number of urea groups is 1. The lowest BCUT2D eigenvalue weighted by atomic mass is 9.73. The Hall–Kier alpha value is -3.10. The van der Waals surface area contributed by atoms with E-state index in [-0.39, 0.29) is 24.3 Å². The zero-order valence-corrected chi connectivity index (χ0v) is 17.3. The Morgan fingerprint density at radius 1 is 1.17 bits per heavy atom. The van der Waals surface area contributed by atoms with Gasteiger partial charge in [0.2, 0.25) is 11.8 Å². The molecular formula is C21H28N4O5. The van der Waals surface area contributed by atoms with Crippen LogP contribution in [0.15, 0.2) is 24.3 Å². The smallest absolute Gasteiger partial charge is 0.325 e. The standard InChI is InChI=1S/C21H28N4O5/c1-14-5-3-4-10-21(14)19(28)25(20(29)24-21)13-18(27)23-12-17(26)22-11-15-6-8-16(30-2)9-7-15/h6-9,14H,3-5,10-13H2,1-2H3,(H,22,26)(H,23,27)(H,24,29). The van der Waals surface area contributed by atoms with E-state index in [4.69, 9.17) is 4.74 Å². The third kappa shape index (κ3) is 4.55. The molecule has 0 bridgehead atoms. The number of amides is 5. The lowest BCUT2D eigenvalue weighted by Gasteiger charge is -2.36. The molecule has 30 heavy (non-hydrogen) atoms.